The van der Waals surface area contributed by atoms with Crippen LogP contribution in [0.2, 0.25) is 0 Å². The van der Waals surface area contributed by atoms with Crippen LogP contribution < -0.4 is 5.32 Å². The maximum Gasteiger partial charge on any atom is 0.224 e. The van der Waals surface area contributed by atoms with Gasteiger partial charge in [0.25, 0.3) is 0 Å². The minimum atomic E-state index is -0.00685. The van der Waals surface area contributed by atoms with Crippen molar-refractivity contribution < 1.29 is 9.21 Å². The normalized spacial score (nSPS) is 10.5. The van der Waals surface area contributed by atoms with Gasteiger partial charge in [-0.1, -0.05) is 17.7 Å². The van der Waals surface area contributed by atoms with Gasteiger partial charge in [0.2, 0.25) is 5.91 Å². The first kappa shape index (κ1) is 13.3. The predicted octanol–water partition coefficient (Wildman–Crippen LogP) is 3.17. The highest BCUT2D eigenvalue weighted by atomic mass is 16.3. The highest BCUT2D eigenvalue weighted by Gasteiger charge is 2.07. The summed E-state index contributed by atoms with van der Waals surface area (Å²) < 4.78 is 5.10. The van der Waals surface area contributed by atoms with Gasteiger partial charge in [0.05, 0.1) is 5.69 Å². The van der Waals surface area contributed by atoms with Crippen molar-refractivity contribution in [2.75, 3.05) is 5.32 Å². The molecule has 4 nitrogen and oxygen atoms in total. The Hall–Kier alpha value is -2.10. The Morgan fingerprint density at radius 3 is 2.74 bits per heavy atom. The highest BCUT2D eigenvalue weighted by molar-refractivity contribution is 5.91. The average molecular weight is 258 g/mol. The smallest absolute Gasteiger partial charge is 0.224 e. The second kappa shape index (κ2) is 5.69. The lowest BCUT2D eigenvalue weighted by atomic mass is 10.1. The quantitative estimate of drug-likeness (QED) is 0.916. The van der Waals surface area contributed by atoms with Crippen molar-refractivity contribution in [3.05, 3.63) is 47.2 Å². The maximum atomic E-state index is 11.9. The molecule has 4 heteroatoms. The Kier molecular flexibility index (Phi) is 4.00. The standard InChI is InChI=1S/C15H18N2O2/c1-10-4-6-14(11(2)8-10)17-15(18)7-5-13-9-19-12(3)16-13/h4,6,8-9H,5,7H2,1-3H3,(H,17,18). The summed E-state index contributed by atoms with van der Waals surface area (Å²) in [6.45, 7) is 5.81. The lowest BCUT2D eigenvalue weighted by Gasteiger charge is -2.08. The monoisotopic (exact) mass is 258 g/mol. The summed E-state index contributed by atoms with van der Waals surface area (Å²) >= 11 is 0. The Bertz CT molecular complexity index is 588. The van der Waals surface area contributed by atoms with Crippen molar-refractivity contribution in [2.45, 2.75) is 33.6 Å². The van der Waals surface area contributed by atoms with E-state index in [2.05, 4.69) is 16.4 Å². The first-order valence-corrected chi connectivity index (χ1v) is 6.32. The summed E-state index contributed by atoms with van der Waals surface area (Å²) in [6.07, 6.45) is 2.59. The molecule has 1 aromatic heterocycles. The van der Waals surface area contributed by atoms with Crippen molar-refractivity contribution >= 4 is 11.6 Å². The summed E-state index contributed by atoms with van der Waals surface area (Å²) in [4.78, 5) is 16.0. The van der Waals surface area contributed by atoms with E-state index in [4.69, 9.17) is 4.42 Å². The van der Waals surface area contributed by atoms with Gasteiger partial charge in [0.15, 0.2) is 5.89 Å². The van der Waals surface area contributed by atoms with Crippen molar-refractivity contribution in [3.8, 4) is 0 Å². The van der Waals surface area contributed by atoms with Gasteiger partial charge in [-0.05, 0) is 25.5 Å². The van der Waals surface area contributed by atoms with E-state index < -0.39 is 0 Å². The van der Waals surface area contributed by atoms with Crippen LogP contribution in [0.5, 0.6) is 0 Å². The number of oxazole rings is 1. The number of amides is 1. The van der Waals surface area contributed by atoms with Gasteiger partial charge < -0.3 is 9.73 Å². The highest BCUT2D eigenvalue weighted by Crippen LogP contribution is 2.16. The molecule has 1 amide bonds. The molecule has 1 N–H and O–H groups in total. The predicted molar refractivity (Wildman–Crippen MR) is 74.1 cm³/mol. The van der Waals surface area contributed by atoms with E-state index in [1.807, 2.05) is 26.0 Å². The molecule has 0 unspecified atom stereocenters. The third-order valence-electron chi connectivity index (χ3n) is 2.93. The molecular formula is C15H18N2O2. The number of hydrogen-bond donors (Lipinski definition) is 1. The number of aryl methyl sites for hydroxylation is 4. The van der Waals surface area contributed by atoms with Crippen LogP contribution in [0.3, 0.4) is 0 Å². The van der Waals surface area contributed by atoms with Crippen molar-refractivity contribution in [1.29, 1.82) is 0 Å². The molecule has 19 heavy (non-hydrogen) atoms. The fourth-order valence-corrected chi connectivity index (χ4v) is 1.93. The molecule has 0 atom stereocenters. The molecule has 2 rings (SSSR count). The molecular weight excluding hydrogens is 240 g/mol. The average Bonchev–Trinajstić information content (AvgIpc) is 2.76. The Balaban J connectivity index is 1.90. The minimum absolute atomic E-state index is 0.00685. The zero-order valence-electron chi connectivity index (χ0n) is 11.5. The van der Waals surface area contributed by atoms with Crippen LogP contribution in [0.1, 0.15) is 29.1 Å². The zero-order chi connectivity index (χ0) is 13.8. The fraction of sp³-hybridized carbons (Fsp3) is 0.333. The van der Waals surface area contributed by atoms with E-state index in [0.29, 0.717) is 18.7 Å². The number of rotatable bonds is 4. The van der Waals surface area contributed by atoms with Gasteiger partial charge in [0.1, 0.15) is 6.26 Å². The minimum Gasteiger partial charge on any atom is -0.449 e. The molecule has 0 saturated carbocycles. The number of carbonyl (C=O) groups excluding carboxylic acids is 1. The van der Waals surface area contributed by atoms with E-state index in [1.54, 1.807) is 13.2 Å². The largest absolute Gasteiger partial charge is 0.449 e. The molecule has 0 bridgehead atoms. The van der Waals surface area contributed by atoms with E-state index in [1.165, 1.54) is 5.56 Å². The van der Waals surface area contributed by atoms with Crippen LogP contribution in [-0.4, -0.2) is 10.9 Å². The van der Waals surface area contributed by atoms with Crippen molar-refractivity contribution in [2.24, 2.45) is 0 Å². The molecule has 0 aliphatic heterocycles. The molecule has 100 valence electrons. The first-order valence-electron chi connectivity index (χ1n) is 6.32. The second-order valence-corrected chi connectivity index (χ2v) is 4.72. The van der Waals surface area contributed by atoms with E-state index in [9.17, 15) is 4.79 Å². The first-order chi connectivity index (χ1) is 9.04. The number of anilines is 1. The molecule has 0 aliphatic rings. The lowest BCUT2D eigenvalue weighted by molar-refractivity contribution is -0.116. The fourth-order valence-electron chi connectivity index (χ4n) is 1.93. The molecule has 0 radical (unpaired) electrons. The van der Waals surface area contributed by atoms with Crippen LogP contribution in [0, 0.1) is 20.8 Å². The number of hydrogen-bond acceptors (Lipinski definition) is 3. The van der Waals surface area contributed by atoms with Crippen LogP contribution in [0.4, 0.5) is 5.69 Å². The van der Waals surface area contributed by atoms with Gasteiger partial charge in [-0.2, -0.15) is 0 Å². The van der Waals surface area contributed by atoms with Crippen LogP contribution in [0.25, 0.3) is 0 Å². The number of carbonyl (C=O) groups is 1. The molecule has 1 heterocycles. The molecule has 2 aromatic rings. The van der Waals surface area contributed by atoms with Crippen LogP contribution in [0.15, 0.2) is 28.9 Å². The zero-order valence-corrected chi connectivity index (χ0v) is 11.5. The van der Waals surface area contributed by atoms with Gasteiger partial charge in [0, 0.05) is 25.5 Å². The van der Waals surface area contributed by atoms with E-state index in [-0.39, 0.29) is 5.91 Å². The molecule has 0 spiro atoms. The topological polar surface area (TPSA) is 55.1 Å². The van der Waals surface area contributed by atoms with Gasteiger partial charge >= 0.3 is 0 Å². The third-order valence-corrected chi connectivity index (χ3v) is 2.93. The SMILES string of the molecule is Cc1ccc(NC(=O)CCc2coc(C)n2)c(C)c1. The Morgan fingerprint density at radius 2 is 2.11 bits per heavy atom. The van der Waals surface area contributed by atoms with Crippen molar-refractivity contribution in [3.63, 3.8) is 0 Å². The Labute approximate surface area is 112 Å². The second-order valence-electron chi connectivity index (χ2n) is 4.72. The molecule has 0 aliphatic carbocycles. The number of benzene rings is 1. The summed E-state index contributed by atoms with van der Waals surface area (Å²) in [5, 5.41) is 2.92. The van der Waals surface area contributed by atoms with E-state index in [0.717, 1.165) is 16.9 Å². The summed E-state index contributed by atoms with van der Waals surface area (Å²) in [7, 11) is 0. The number of nitrogens with one attached hydrogen (secondary N) is 1. The van der Waals surface area contributed by atoms with Crippen LogP contribution in [-0.2, 0) is 11.2 Å². The number of aromatic nitrogens is 1. The summed E-state index contributed by atoms with van der Waals surface area (Å²) in [5.41, 5.74) is 3.94. The Morgan fingerprint density at radius 1 is 1.32 bits per heavy atom. The number of nitrogens with zero attached hydrogens (tertiary/aromatic N) is 1. The van der Waals surface area contributed by atoms with Gasteiger partial charge in [-0.3, -0.25) is 4.79 Å². The van der Waals surface area contributed by atoms with Gasteiger partial charge in [-0.25, -0.2) is 4.98 Å². The molecule has 0 saturated heterocycles. The summed E-state index contributed by atoms with van der Waals surface area (Å²) in [5.74, 6) is 0.623. The lowest BCUT2D eigenvalue weighted by Crippen LogP contribution is -2.13. The molecule has 0 fully saturated rings. The van der Waals surface area contributed by atoms with E-state index >= 15 is 0 Å². The van der Waals surface area contributed by atoms with Crippen LogP contribution >= 0.6 is 0 Å². The van der Waals surface area contributed by atoms with Crippen molar-refractivity contribution in [1.82, 2.24) is 4.98 Å². The van der Waals surface area contributed by atoms with Gasteiger partial charge in [-0.15, -0.1) is 0 Å². The summed E-state index contributed by atoms with van der Waals surface area (Å²) in [6, 6.07) is 5.98. The maximum absolute atomic E-state index is 11.9. The molecule has 1 aromatic carbocycles. The third kappa shape index (κ3) is 3.68.